The molecule has 0 saturated carbocycles. The Morgan fingerprint density at radius 2 is 2.00 bits per heavy atom. The third kappa shape index (κ3) is 3.58. The molecule has 1 aromatic heterocycles. The Balaban J connectivity index is 1.60. The van der Waals surface area contributed by atoms with Crippen LogP contribution in [0.4, 0.5) is 0 Å². The van der Waals surface area contributed by atoms with E-state index in [-0.39, 0.29) is 25.0 Å². The topological polar surface area (TPSA) is 106 Å². The lowest BCUT2D eigenvalue weighted by atomic mass is 10.2. The molecule has 1 N–H and O–H groups in total. The molecular formula is C18H18N2O6. The van der Waals surface area contributed by atoms with Gasteiger partial charge in [-0.15, -0.1) is 0 Å². The van der Waals surface area contributed by atoms with Crippen molar-refractivity contribution in [3.05, 3.63) is 40.8 Å². The highest BCUT2D eigenvalue weighted by Gasteiger charge is 2.40. The number of benzene rings is 1. The highest BCUT2D eigenvalue weighted by Crippen LogP contribution is 2.19. The van der Waals surface area contributed by atoms with Gasteiger partial charge in [0.15, 0.2) is 6.61 Å². The average Bonchev–Trinajstić information content (AvgIpc) is 2.86. The maximum atomic E-state index is 12.2. The second-order valence-corrected chi connectivity index (χ2v) is 6.26. The lowest BCUT2D eigenvalue weighted by Gasteiger charge is -2.19. The average molecular weight is 358 g/mol. The Bertz CT molecular complexity index is 933. The maximum absolute atomic E-state index is 12.2. The molecule has 1 aromatic carbocycles. The van der Waals surface area contributed by atoms with E-state index < -0.39 is 23.5 Å². The quantitative estimate of drug-likeness (QED) is 0.627. The monoisotopic (exact) mass is 358 g/mol. The van der Waals surface area contributed by atoms with Gasteiger partial charge in [-0.2, -0.15) is 0 Å². The zero-order valence-corrected chi connectivity index (χ0v) is 14.4. The molecule has 0 radical (unpaired) electrons. The molecule has 0 aliphatic carbocycles. The van der Waals surface area contributed by atoms with Gasteiger partial charge in [0.2, 0.25) is 5.91 Å². The summed E-state index contributed by atoms with van der Waals surface area (Å²) >= 11 is 0. The number of fused-ring (bicyclic) bond motifs is 1. The molecule has 0 spiro atoms. The van der Waals surface area contributed by atoms with Gasteiger partial charge in [-0.05, 0) is 32.0 Å². The Kier molecular flexibility index (Phi) is 4.75. The molecule has 26 heavy (non-hydrogen) atoms. The highest BCUT2D eigenvalue weighted by molar-refractivity contribution is 6.07. The zero-order chi connectivity index (χ0) is 18.8. The lowest BCUT2D eigenvalue weighted by Crippen LogP contribution is -2.45. The first-order valence-electron chi connectivity index (χ1n) is 8.17. The zero-order valence-electron chi connectivity index (χ0n) is 14.4. The van der Waals surface area contributed by atoms with E-state index in [4.69, 9.17) is 9.15 Å². The van der Waals surface area contributed by atoms with E-state index in [0.29, 0.717) is 11.3 Å². The SMILES string of the molecule is CC(C)N1C(=O)C[C@@H](NC(=O)COc2ccc3ccc(=O)oc3c2)C1=O. The summed E-state index contributed by atoms with van der Waals surface area (Å²) in [6.07, 6.45) is -0.0517. The Morgan fingerprint density at radius 1 is 1.27 bits per heavy atom. The molecule has 2 aromatic rings. The van der Waals surface area contributed by atoms with E-state index in [1.807, 2.05) is 0 Å². The number of hydrogen-bond acceptors (Lipinski definition) is 6. The molecule has 0 bridgehead atoms. The van der Waals surface area contributed by atoms with Crippen molar-refractivity contribution in [2.45, 2.75) is 32.4 Å². The Morgan fingerprint density at radius 3 is 2.69 bits per heavy atom. The van der Waals surface area contributed by atoms with Crippen molar-refractivity contribution < 1.29 is 23.5 Å². The fourth-order valence-corrected chi connectivity index (χ4v) is 2.82. The minimum atomic E-state index is -0.865. The van der Waals surface area contributed by atoms with Gasteiger partial charge in [-0.25, -0.2) is 4.79 Å². The summed E-state index contributed by atoms with van der Waals surface area (Å²) in [6.45, 7) is 3.14. The summed E-state index contributed by atoms with van der Waals surface area (Å²) < 4.78 is 10.4. The predicted octanol–water partition coefficient (Wildman–Crippen LogP) is 0.824. The largest absolute Gasteiger partial charge is 0.484 e. The fourth-order valence-electron chi connectivity index (χ4n) is 2.82. The Labute approximate surface area is 148 Å². The molecule has 1 atom stereocenters. The van der Waals surface area contributed by atoms with Crippen LogP contribution in [0.2, 0.25) is 0 Å². The number of amides is 3. The summed E-state index contributed by atoms with van der Waals surface area (Å²) in [5, 5.41) is 3.24. The number of carbonyl (C=O) groups excluding carboxylic acids is 3. The molecule has 1 aliphatic rings. The number of rotatable bonds is 5. The first-order chi connectivity index (χ1) is 12.3. The van der Waals surface area contributed by atoms with Gasteiger partial charge < -0.3 is 14.5 Å². The van der Waals surface area contributed by atoms with Gasteiger partial charge in [0.1, 0.15) is 17.4 Å². The molecular weight excluding hydrogens is 340 g/mol. The number of likely N-dealkylation sites (tertiary alicyclic amines) is 1. The number of ether oxygens (including phenoxy) is 1. The molecule has 2 heterocycles. The molecule has 3 amide bonds. The second kappa shape index (κ2) is 6.99. The Hall–Kier alpha value is -3.16. The highest BCUT2D eigenvalue weighted by atomic mass is 16.5. The normalized spacial score (nSPS) is 17.2. The standard InChI is InChI=1S/C18H18N2O6/c1-10(2)20-16(22)8-13(18(20)24)19-15(21)9-25-12-5-3-11-4-6-17(23)26-14(11)7-12/h3-7,10,13H,8-9H2,1-2H3,(H,19,21)/t13-/m1/s1. The molecule has 3 rings (SSSR count). The first kappa shape index (κ1) is 17.7. The second-order valence-electron chi connectivity index (χ2n) is 6.26. The number of nitrogens with one attached hydrogen (secondary N) is 1. The summed E-state index contributed by atoms with van der Waals surface area (Å²) in [5.74, 6) is -0.886. The summed E-state index contributed by atoms with van der Waals surface area (Å²) in [7, 11) is 0. The van der Waals surface area contributed by atoms with Crippen LogP contribution in [-0.2, 0) is 14.4 Å². The maximum Gasteiger partial charge on any atom is 0.336 e. The van der Waals surface area contributed by atoms with Gasteiger partial charge >= 0.3 is 5.63 Å². The van der Waals surface area contributed by atoms with Crippen LogP contribution in [0.15, 0.2) is 39.5 Å². The van der Waals surface area contributed by atoms with E-state index >= 15 is 0 Å². The third-order valence-electron chi connectivity index (χ3n) is 4.00. The molecule has 8 nitrogen and oxygen atoms in total. The molecule has 136 valence electrons. The van der Waals surface area contributed by atoms with E-state index in [0.717, 1.165) is 10.3 Å². The first-order valence-corrected chi connectivity index (χ1v) is 8.17. The lowest BCUT2D eigenvalue weighted by molar-refractivity contribution is -0.141. The van der Waals surface area contributed by atoms with Crippen molar-refractivity contribution in [2.24, 2.45) is 0 Å². The van der Waals surface area contributed by atoms with Crippen LogP contribution >= 0.6 is 0 Å². The summed E-state index contributed by atoms with van der Waals surface area (Å²) in [4.78, 5) is 48.4. The number of carbonyl (C=O) groups is 3. The molecule has 0 unspecified atom stereocenters. The van der Waals surface area contributed by atoms with Gasteiger partial charge in [-0.1, -0.05) is 0 Å². The van der Waals surface area contributed by atoms with Crippen LogP contribution < -0.4 is 15.7 Å². The minimum absolute atomic E-state index is 0.0517. The van der Waals surface area contributed by atoms with Crippen LogP contribution in [-0.4, -0.2) is 41.3 Å². The van der Waals surface area contributed by atoms with Crippen molar-refractivity contribution in [2.75, 3.05) is 6.61 Å². The van der Waals surface area contributed by atoms with Crippen molar-refractivity contribution in [3.8, 4) is 5.75 Å². The van der Waals surface area contributed by atoms with E-state index in [2.05, 4.69) is 5.32 Å². The van der Waals surface area contributed by atoms with Crippen molar-refractivity contribution >= 4 is 28.7 Å². The number of hydrogen-bond donors (Lipinski definition) is 1. The molecule has 8 heteroatoms. The fraction of sp³-hybridized carbons (Fsp3) is 0.333. The van der Waals surface area contributed by atoms with E-state index in [9.17, 15) is 19.2 Å². The predicted molar refractivity (Wildman–Crippen MR) is 91.5 cm³/mol. The van der Waals surface area contributed by atoms with Gasteiger partial charge in [0.05, 0.1) is 6.42 Å². The van der Waals surface area contributed by atoms with Crippen molar-refractivity contribution in [1.82, 2.24) is 10.2 Å². The van der Waals surface area contributed by atoms with Gasteiger partial charge in [-0.3, -0.25) is 19.3 Å². The van der Waals surface area contributed by atoms with Crippen LogP contribution in [0, 0.1) is 0 Å². The number of imide groups is 1. The summed E-state index contributed by atoms with van der Waals surface area (Å²) in [5.41, 5.74) is -0.133. The molecule has 1 aliphatic heterocycles. The molecule has 1 saturated heterocycles. The van der Waals surface area contributed by atoms with Crippen LogP contribution in [0.25, 0.3) is 11.0 Å². The van der Waals surface area contributed by atoms with Crippen LogP contribution in [0.3, 0.4) is 0 Å². The molecule has 1 fully saturated rings. The minimum Gasteiger partial charge on any atom is -0.484 e. The van der Waals surface area contributed by atoms with Crippen LogP contribution in [0.5, 0.6) is 5.75 Å². The van der Waals surface area contributed by atoms with Crippen molar-refractivity contribution in [1.29, 1.82) is 0 Å². The van der Waals surface area contributed by atoms with Gasteiger partial charge in [0.25, 0.3) is 11.8 Å². The summed E-state index contributed by atoms with van der Waals surface area (Å²) in [6, 6.07) is 6.67. The smallest absolute Gasteiger partial charge is 0.336 e. The van der Waals surface area contributed by atoms with E-state index in [1.54, 1.807) is 32.0 Å². The van der Waals surface area contributed by atoms with E-state index in [1.165, 1.54) is 12.1 Å². The third-order valence-corrected chi connectivity index (χ3v) is 4.00. The van der Waals surface area contributed by atoms with Gasteiger partial charge in [0, 0.05) is 23.6 Å². The van der Waals surface area contributed by atoms with Crippen molar-refractivity contribution in [3.63, 3.8) is 0 Å². The van der Waals surface area contributed by atoms with Crippen LogP contribution in [0.1, 0.15) is 20.3 Å². The number of nitrogens with zero attached hydrogens (tertiary/aromatic N) is 1.